The van der Waals surface area contributed by atoms with Crippen molar-refractivity contribution in [1.82, 2.24) is 9.29 Å². The van der Waals surface area contributed by atoms with Gasteiger partial charge >= 0.3 is 0 Å². The Morgan fingerprint density at radius 3 is 2.56 bits per heavy atom. The van der Waals surface area contributed by atoms with Gasteiger partial charge in [0.2, 0.25) is 15.9 Å². The normalized spacial score (nSPS) is 17.9. The van der Waals surface area contributed by atoms with Crippen LogP contribution < -0.4 is 5.32 Å². The van der Waals surface area contributed by atoms with Crippen LogP contribution in [0.4, 0.5) is 5.13 Å². The zero-order valence-corrected chi connectivity index (χ0v) is 20.9. The maximum atomic E-state index is 13.7. The summed E-state index contributed by atoms with van der Waals surface area (Å²) in [5.74, 6) is -0.0515. The number of aromatic nitrogens is 1. The number of hydrogen-bond acceptors (Lipinski definition) is 5. The molecule has 1 fully saturated rings. The molecule has 1 aliphatic heterocycles. The number of anilines is 1. The zero-order valence-electron chi connectivity index (χ0n) is 19.3. The molecular weight excluding hydrogens is 466 g/mol. The van der Waals surface area contributed by atoms with Gasteiger partial charge in [0.15, 0.2) is 5.13 Å². The molecule has 3 aromatic rings. The summed E-state index contributed by atoms with van der Waals surface area (Å²) in [5, 5.41) is 5.61. The van der Waals surface area contributed by atoms with E-state index in [1.165, 1.54) is 33.2 Å². The SMILES string of the molecule is CCS(=O)(=O)N1CCC(C(=O)Nc2nc(-c3ccc4c(c3)CCC4)cs2)(c2ccccc2)CC1. The predicted octanol–water partition coefficient (Wildman–Crippen LogP) is 4.62. The molecule has 2 aliphatic rings. The number of hydrogen-bond donors (Lipinski definition) is 1. The van der Waals surface area contributed by atoms with E-state index in [1.807, 2.05) is 35.7 Å². The number of rotatable bonds is 6. The number of thiazole rings is 1. The van der Waals surface area contributed by atoms with E-state index in [4.69, 9.17) is 4.98 Å². The molecule has 1 aliphatic carbocycles. The molecule has 0 atom stereocenters. The van der Waals surface area contributed by atoms with Crippen molar-refractivity contribution in [3.63, 3.8) is 0 Å². The minimum atomic E-state index is -3.28. The van der Waals surface area contributed by atoms with Gasteiger partial charge in [-0.1, -0.05) is 42.5 Å². The number of aryl methyl sites for hydroxylation is 2. The van der Waals surface area contributed by atoms with E-state index in [0.29, 0.717) is 31.1 Å². The number of amides is 1. The van der Waals surface area contributed by atoms with Gasteiger partial charge < -0.3 is 5.32 Å². The van der Waals surface area contributed by atoms with Gasteiger partial charge in [0.1, 0.15) is 0 Å². The maximum Gasteiger partial charge on any atom is 0.236 e. The van der Waals surface area contributed by atoms with Gasteiger partial charge in [-0.05, 0) is 61.8 Å². The molecule has 1 amide bonds. The lowest BCUT2D eigenvalue weighted by Gasteiger charge is -2.40. The van der Waals surface area contributed by atoms with Gasteiger partial charge in [-0.15, -0.1) is 11.3 Å². The average Bonchev–Trinajstić information content (AvgIpc) is 3.53. The smallest absolute Gasteiger partial charge is 0.236 e. The second kappa shape index (κ2) is 9.24. The monoisotopic (exact) mass is 495 g/mol. The first-order chi connectivity index (χ1) is 16.4. The fourth-order valence-electron chi connectivity index (χ4n) is 5.14. The van der Waals surface area contributed by atoms with Crippen LogP contribution in [0.1, 0.15) is 42.9 Å². The van der Waals surface area contributed by atoms with E-state index in [2.05, 4.69) is 23.5 Å². The molecule has 34 heavy (non-hydrogen) atoms. The van der Waals surface area contributed by atoms with Crippen molar-refractivity contribution in [3.05, 3.63) is 70.6 Å². The van der Waals surface area contributed by atoms with E-state index >= 15 is 0 Å². The van der Waals surface area contributed by atoms with E-state index < -0.39 is 15.4 Å². The summed E-state index contributed by atoms with van der Waals surface area (Å²) >= 11 is 1.42. The Balaban J connectivity index is 1.38. The number of nitrogens with zero attached hydrogens (tertiary/aromatic N) is 2. The number of sulfonamides is 1. The van der Waals surface area contributed by atoms with Gasteiger partial charge in [-0.3, -0.25) is 4.79 Å². The van der Waals surface area contributed by atoms with Crippen molar-refractivity contribution in [3.8, 4) is 11.3 Å². The number of carbonyl (C=O) groups excluding carboxylic acids is 1. The molecular formula is C26H29N3O3S2. The lowest BCUT2D eigenvalue weighted by Crippen LogP contribution is -2.51. The van der Waals surface area contributed by atoms with Gasteiger partial charge in [0.05, 0.1) is 16.9 Å². The second-order valence-electron chi connectivity index (χ2n) is 9.08. The van der Waals surface area contributed by atoms with Crippen LogP contribution in [0, 0.1) is 0 Å². The molecule has 5 rings (SSSR count). The summed E-state index contributed by atoms with van der Waals surface area (Å²) in [6, 6.07) is 16.2. The number of benzene rings is 2. The molecule has 2 heterocycles. The molecule has 1 N–H and O–H groups in total. The second-order valence-corrected chi connectivity index (χ2v) is 12.2. The highest BCUT2D eigenvalue weighted by molar-refractivity contribution is 7.89. The van der Waals surface area contributed by atoms with Crippen molar-refractivity contribution < 1.29 is 13.2 Å². The molecule has 0 radical (unpaired) electrons. The highest BCUT2D eigenvalue weighted by atomic mass is 32.2. The lowest BCUT2D eigenvalue weighted by molar-refractivity contribution is -0.123. The molecule has 0 spiro atoms. The molecule has 6 nitrogen and oxygen atoms in total. The molecule has 8 heteroatoms. The molecule has 178 valence electrons. The minimum Gasteiger partial charge on any atom is -0.301 e. The fourth-order valence-corrected chi connectivity index (χ4v) is 6.96. The van der Waals surface area contributed by atoms with Gasteiger partial charge in [0, 0.05) is 24.0 Å². The van der Waals surface area contributed by atoms with Crippen molar-refractivity contribution in [2.45, 2.75) is 44.4 Å². The van der Waals surface area contributed by atoms with Crippen molar-refractivity contribution >= 4 is 32.4 Å². The summed E-state index contributed by atoms with van der Waals surface area (Å²) in [5.41, 5.74) is 4.89. The first-order valence-electron chi connectivity index (χ1n) is 11.8. The quantitative estimate of drug-likeness (QED) is 0.541. The van der Waals surface area contributed by atoms with Crippen molar-refractivity contribution in [2.75, 3.05) is 24.2 Å². The third kappa shape index (κ3) is 4.30. The number of piperidine rings is 1. The van der Waals surface area contributed by atoms with Crippen LogP contribution in [0.15, 0.2) is 53.9 Å². The molecule has 1 aromatic heterocycles. The lowest BCUT2D eigenvalue weighted by atomic mass is 9.72. The highest BCUT2D eigenvalue weighted by Crippen LogP contribution is 2.38. The van der Waals surface area contributed by atoms with Crippen LogP contribution in [-0.2, 0) is 33.1 Å². The first kappa shape index (κ1) is 23.2. The van der Waals surface area contributed by atoms with Gasteiger partial charge in [-0.25, -0.2) is 17.7 Å². The average molecular weight is 496 g/mol. The summed E-state index contributed by atoms with van der Waals surface area (Å²) in [7, 11) is -3.28. The predicted molar refractivity (Wildman–Crippen MR) is 137 cm³/mol. The van der Waals surface area contributed by atoms with Crippen LogP contribution in [0.25, 0.3) is 11.3 Å². The Morgan fingerprint density at radius 2 is 1.82 bits per heavy atom. The summed E-state index contributed by atoms with van der Waals surface area (Å²) in [6.07, 6.45) is 4.33. The van der Waals surface area contributed by atoms with Gasteiger partial charge in [-0.2, -0.15) is 0 Å². The Labute approximate surface area is 205 Å². The van der Waals surface area contributed by atoms with E-state index in [0.717, 1.165) is 29.7 Å². The Bertz CT molecular complexity index is 1290. The van der Waals surface area contributed by atoms with Gasteiger partial charge in [0.25, 0.3) is 0 Å². The van der Waals surface area contributed by atoms with Crippen molar-refractivity contribution in [1.29, 1.82) is 0 Å². The zero-order chi connectivity index (χ0) is 23.8. The fraction of sp³-hybridized carbons (Fsp3) is 0.385. The molecule has 0 saturated carbocycles. The van der Waals surface area contributed by atoms with Crippen LogP contribution >= 0.6 is 11.3 Å². The largest absolute Gasteiger partial charge is 0.301 e. The maximum absolute atomic E-state index is 13.7. The van der Waals surface area contributed by atoms with Crippen LogP contribution in [0.2, 0.25) is 0 Å². The molecule has 0 bridgehead atoms. The summed E-state index contributed by atoms with van der Waals surface area (Å²) in [4.78, 5) is 18.4. The summed E-state index contributed by atoms with van der Waals surface area (Å²) in [6.45, 7) is 2.32. The number of fused-ring (bicyclic) bond motifs is 1. The summed E-state index contributed by atoms with van der Waals surface area (Å²) < 4.78 is 26.3. The van der Waals surface area contributed by atoms with E-state index in [1.54, 1.807) is 6.92 Å². The van der Waals surface area contributed by atoms with Crippen LogP contribution in [0.5, 0.6) is 0 Å². The standard InChI is InChI=1S/C26H29N3O3S2/c1-2-34(31,32)29-15-13-26(14-16-29,22-9-4-3-5-10-22)24(30)28-25-27-23(18-33-25)21-12-11-19-7-6-8-20(19)17-21/h3-5,9-12,17-18H,2,6-8,13-16H2,1H3,(H,27,28,30). The first-order valence-corrected chi connectivity index (χ1v) is 14.3. The van der Waals surface area contributed by atoms with Crippen molar-refractivity contribution in [2.24, 2.45) is 0 Å². The minimum absolute atomic E-state index is 0.0715. The van der Waals surface area contributed by atoms with E-state index in [9.17, 15) is 13.2 Å². The Morgan fingerprint density at radius 1 is 1.09 bits per heavy atom. The molecule has 1 saturated heterocycles. The third-order valence-electron chi connectivity index (χ3n) is 7.21. The highest BCUT2D eigenvalue weighted by Gasteiger charge is 2.45. The van der Waals surface area contributed by atoms with Crippen LogP contribution in [0.3, 0.4) is 0 Å². The topological polar surface area (TPSA) is 79.4 Å². The molecule has 0 unspecified atom stereocenters. The van der Waals surface area contributed by atoms with Crippen LogP contribution in [-0.4, -0.2) is 42.5 Å². The Hall–Kier alpha value is -2.55. The molecule has 2 aromatic carbocycles. The van der Waals surface area contributed by atoms with E-state index in [-0.39, 0.29) is 11.7 Å². The number of nitrogens with one attached hydrogen (secondary N) is 1. The number of carbonyl (C=O) groups is 1. The Kier molecular flexibility index (Phi) is 6.31. The third-order valence-corrected chi connectivity index (χ3v) is 9.85.